The highest BCUT2D eigenvalue weighted by Crippen LogP contribution is 2.24. The van der Waals surface area contributed by atoms with Crippen molar-refractivity contribution in [2.75, 3.05) is 14.2 Å². The van der Waals surface area contributed by atoms with Gasteiger partial charge in [0.1, 0.15) is 28.8 Å². The van der Waals surface area contributed by atoms with Crippen molar-refractivity contribution in [2.45, 2.75) is 12.8 Å². The lowest BCUT2D eigenvalue weighted by Crippen LogP contribution is -2.24. The molecule has 1 N–H and O–H groups in total. The molecule has 1 aliphatic rings. The van der Waals surface area contributed by atoms with Crippen molar-refractivity contribution in [3.8, 4) is 11.5 Å². The van der Waals surface area contributed by atoms with Crippen molar-refractivity contribution in [3.63, 3.8) is 0 Å². The Morgan fingerprint density at radius 2 is 1.85 bits per heavy atom. The third-order valence-corrected chi connectivity index (χ3v) is 4.04. The quantitative estimate of drug-likeness (QED) is 0.810. The van der Waals surface area contributed by atoms with Crippen LogP contribution in [0.2, 0.25) is 0 Å². The van der Waals surface area contributed by atoms with Gasteiger partial charge < -0.3 is 14.8 Å². The average Bonchev–Trinajstić information content (AvgIpc) is 3.00. The summed E-state index contributed by atoms with van der Waals surface area (Å²) in [5, 5.41) is 2.75. The average molecular weight is 354 g/mol. The molecule has 134 valence electrons. The summed E-state index contributed by atoms with van der Waals surface area (Å²) in [5.41, 5.74) is 1.82. The highest BCUT2D eigenvalue weighted by molar-refractivity contribution is 6.14. The van der Waals surface area contributed by atoms with Gasteiger partial charge in [-0.15, -0.1) is 0 Å². The number of nitrogens with one attached hydrogen (secondary N) is 1. The SMILES string of the molecule is COc1ccc(CCC2=N/C(=C/c3cc(F)ccc3OC)C(=O)N2)cc1. The van der Waals surface area contributed by atoms with Crippen molar-refractivity contribution >= 4 is 17.8 Å². The highest BCUT2D eigenvalue weighted by atomic mass is 19.1. The minimum absolute atomic E-state index is 0.235. The molecule has 1 aliphatic heterocycles. The first kappa shape index (κ1) is 17.7. The Labute approximate surface area is 151 Å². The van der Waals surface area contributed by atoms with Crippen LogP contribution in [0.5, 0.6) is 11.5 Å². The Hall–Kier alpha value is -3.15. The van der Waals surface area contributed by atoms with E-state index in [0.29, 0.717) is 23.6 Å². The summed E-state index contributed by atoms with van der Waals surface area (Å²) in [4.78, 5) is 16.5. The predicted octanol–water partition coefficient (Wildman–Crippen LogP) is 3.34. The molecule has 0 bridgehead atoms. The third-order valence-electron chi connectivity index (χ3n) is 4.04. The second kappa shape index (κ2) is 7.82. The van der Waals surface area contributed by atoms with Gasteiger partial charge in [0.25, 0.3) is 5.91 Å². The molecular weight excluding hydrogens is 335 g/mol. The minimum atomic E-state index is -0.403. The molecule has 2 aromatic rings. The Morgan fingerprint density at radius 3 is 2.54 bits per heavy atom. The maximum atomic E-state index is 13.5. The van der Waals surface area contributed by atoms with Gasteiger partial charge in [-0.3, -0.25) is 4.79 Å². The van der Waals surface area contributed by atoms with Gasteiger partial charge in [-0.05, 0) is 48.4 Å². The fourth-order valence-electron chi connectivity index (χ4n) is 2.66. The molecule has 0 aromatic heterocycles. The maximum Gasteiger partial charge on any atom is 0.275 e. The molecule has 0 saturated heterocycles. The van der Waals surface area contributed by atoms with Gasteiger partial charge in [0.15, 0.2) is 0 Å². The summed E-state index contributed by atoms with van der Waals surface area (Å²) >= 11 is 0. The van der Waals surface area contributed by atoms with Gasteiger partial charge in [-0.2, -0.15) is 0 Å². The number of amides is 1. The monoisotopic (exact) mass is 354 g/mol. The number of benzene rings is 2. The van der Waals surface area contributed by atoms with Gasteiger partial charge in [-0.1, -0.05) is 12.1 Å². The predicted molar refractivity (Wildman–Crippen MR) is 97.8 cm³/mol. The highest BCUT2D eigenvalue weighted by Gasteiger charge is 2.20. The van der Waals surface area contributed by atoms with Crippen LogP contribution in [0, 0.1) is 5.82 Å². The zero-order chi connectivity index (χ0) is 18.5. The van der Waals surface area contributed by atoms with Crippen LogP contribution in [0.1, 0.15) is 17.5 Å². The molecule has 0 unspecified atom stereocenters. The molecule has 0 fully saturated rings. The van der Waals surface area contributed by atoms with E-state index < -0.39 is 5.82 Å². The second-order valence-electron chi connectivity index (χ2n) is 5.78. The molecule has 1 amide bonds. The van der Waals surface area contributed by atoms with E-state index in [1.54, 1.807) is 7.11 Å². The molecule has 0 radical (unpaired) electrons. The molecule has 6 heteroatoms. The first-order valence-electron chi connectivity index (χ1n) is 8.16. The van der Waals surface area contributed by atoms with Crippen molar-refractivity contribution < 1.29 is 18.7 Å². The van der Waals surface area contributed by atoms with Crippen molar-refractivity contribution in [3.05, 3.63) is 65.1 Å². The zero-order valence-electron chi connectivity index (χ0n) is 14.6. The zero-order valence-corrected chi connectivity index (χ0v) is 14.6. The number of ether oxygens (including phenoxy) is 2. The molecule has 0 spiro atoms. The van der Waals surface area contributed by atoms with Gasteiger partial charge in [0, 0.05) is 12.0 Å². The summed E-state index contributed by atoms with van der Waals surface area (Å²) in [6.07, 6.45) is 2.85. The smallest absolute Gasteiger partial charge is 0.275 e. The standard InChI is InChI=1S/C20H19FN2O3/c1-25-16-7-3-13(4-8-16)5-10-19-22-17(20(24)23-19)12-14-11-15(21)6-9-18(14)26-2/h3-4,6-9,11-12H,5,10H2,1-2H3,(H,22,23,24)/b17-12+. The molecule has 0 aliphatic carbocycles. The van der Waals surface area contributed by atoms with Crippen LogP contribution in [-0.2, 0) is 11.2 Å². The number of hydrogen-bond acceptors (Lipinski definition) is 4. The summed E-state index contributed by atoms with van der Waals surface area (Å²) < 4.78 is 23.8. The largest absolute Gasteiger partial charge is 0.497 e. The number of nitrogens with zero attached hydrogens (tertiary/aromatic N) is 1. The Morgan fingerprint density at radius 1 is 1.08 bits per heavy atom. The summed E-state index contributed by atoms with van der Waals surface area (Å²) in [6, 6.07) is 11.9. The van der Waals surface area contributed by atoms with Crippen LogP contribution >= 0.6 is 0 Å². The van der Waals surface area contributed by atoms with E-state index in [0.717, 1.165) is 17.7 Å². The third kappa shape index (κ3) is 4.08. The lowest BCUT2D eigenvalue weighted by molar-refractivity contribution is -0.115. The maximum absolute atomic E-state index is 13.5. The number of aryl methyl sites for hydroxylation is 1. The van der Waals surface area contributed by atoms with Crippen molar-refractivity contribution in [1.29, 1.82) is 0 Å². The Kier molecular flexibility index (Phi) is 5.31. The number of carbonyl (C=O) groups excluding carboxylic acids is 1. The van der Waals surface area contributed by atoms with E-state index in [-0.39, 0.29) is 11.6 Å². The lowest BCUT2D eigenvalue weighted by atomic mass is 10.1. The number of hydrogen-bond donors (Lipinski definition) is 1. The number of carbonyl (C=O) groups is 1. The van der Waals surface area contributed by atoms with E-state index in [9.17, 15) is 9.18 Å². The van der Waals surface area contributed by atoms with E-state index in [2.05, 4.69) is 10.3 Å². The van der Waals surface area contributed by atoms with Gasteiger partial charge in [-0.25, -0.2) is 9.38 Å². The Bertz CT molecular complexity index is 873. The van der Waals surface area contributed by atoms with Crippen LogP contribution in [0.25, 0.3) is 6.08 Å². The minimum Gasteiger partial charge on any atom is -0.497 e. The summed E-state index contributed by atoms with van der Waals surface area (Å²) in [6.45, 7) is 0. The number of halogens is 1. The van der Waals surface area contributed by atoms with Gasteiger partial charge in [0.2, 0.25) is 0 Å². The van der Waals surface area contributed by atoms with Crippen LogP contribution in [-0.4, -0.2) is 26.0 Å². The first-order chi connectivity index (χ1) is 12.6. The lowest BCUT2D eigenvalue weighted by Gasteiger charge is -2.04. The molecule has 1 heterocycles. The fourth-order valence-corrected chi connectivity index (χ4v) is 2.66. The van der Waals surface area contributed by atoms with Gasteiger partial charge in [0.05, 0.1) is 14.2 Å². The van der Waals surface area contributed by atoms with Crippen molar-refractivity contribution in [2.24, 2.45) is 4.99 Å². The molecule has 0 atom stereocenters. The normalized spacial score (nSPS) is 15.0. The molecule has 5 nitrogen and oxygen atoms in total. The fraction of sp³-hybridized carbons (Fsp3) is 0.200. The van der Waals surface area contributed by atoms with Crippen LogP contribution in [0.3, 0.4) is 0 Å². The van der Waals surface area contributed by atoms with Crippen LogP contribution in [0.15, 0.2) is 53.2 Å². The van der Waals surface area contributed by atoms with Gasteiger partial charge >= 0.3 is 0 Å². The first-order valence-corrected chi connectivity index (χ1v) is 8.16. The Balaban J connectivity index is 1.73. The molecule has 3 rings (SSSR count). The number of aliphatic imine (C=N–C) groups is 1. The number of methoxy groups -OCH3 is 2. The van der Waals surface area contributed by atoms with Crippen LogP contribution in [0.4, 0.5) is 4.39 Å². The van der Waals surface area contributed by atoms with E-state index in [1.807, 2.05) is 24.3 Å². The van der Waals surface area contributed by atoms with E-state index in [4.69, 9.17) is 9.47 Å². The number of rotatable bonds is 6. The number of amidine groups is 1. The van der Waals surface area contributed by atoms with Crippen LogP contribution < -0.4 is 14.8 Å². The van der Waals surface area contributed by atoms with E-state index >= 15 is 0 Å². The van der Waals surface area contributed by atoms with E-state index in [1.165, 1.54) is 31.4 Å². The summed E-state index contributed by atoms with van der Waals surface area (Å²) in [7, 11) is 3.12. The topological polar surface area (TPSA) is 59.9 Å². The molecular formula is C20H19FN2O3. The molecule has 26 heavy (non-hydrogen) atoms. The van der Waals surface area contributed by atoms with Crippen molar-refractivity contribution in [1.82, 2.24) is 5.32 Å². The second-order valence-corrected chi connectivity index (χ2v) is 5.78. The summed E-state index contributed by atoms with van der Waals surface area (Å²) in [5.74, 6) is 1.16. The molecule has 2 aromatic carbocycles. The molecule has 0 saturated carbocycles.